The highest BCUT2D eigenvalue weighted by atomic mass is 32.2. The van der Waals surface area contributed by atoms with E-state index in [1.54, 1.807) is 11.8 Å². The first-order valence-electron chi connectivity index (χ1n) is 7.18. The smallest absolute Gasteiger partial charge is 0.227 e. The molecule has 0 radical (unpaired) electrons. The van der Waals surface area contributed by atoms with Crippen LogP contribution in [-0.2, 0) is 4.79 Å². The molecule has 1 aromatic carbocycles. The molecule has 0 bridgehead atoms. The van der Waals surface area contributed by atoms with Crippen molar-refractivity contribution in [2.24, 2.45) is 11.8 Å². The van der Waals surface area contributed by atoms with E-state index < -0.39 is 0 Å². The third-order valence-electron chi connectivity index (χ3n) is 4.06. The molecule has 6 heteroatoms. The second-order valence-electron chi connectivity index (χ2n) is 5.39. The summed E-state index contributed by atoms with van der Waals surface area (Å²) >= 11 is 1.59. The van der Waals surface area contributed by atoms with Gasteiger partial charge < -0.3 is 20.1 Å². The molecule has 1 amide bonds. The molecular formula is C15H20N2O3S. The van der Waals surface area contributed by atoms with Gasteiger partial charge in [-0.05, 0) is 31.3 Å². The van der Waals surface area contributed by atoms with Gasteiger partial charge in [-0.25, -0.2) is 0 Å². The number of carbonyl (C=O) groups is 1. The largest absolute Gasteiger partial charge is 0.486 e. The molecule has 1 saturated heterocycles. The van der Waals surface area contributed by atoms with Gasteiger partial charge in [-0.1, -0.05) is 6.92 Å². The van der Waals surface area contributed by atoms with Gasteiger partial charge in [0.05, 0.1) is 5.69 Å². The summed E-state index contributed by atoms with van der Waals surface area (Å²) in [7, 11) is 0. The number of benzene rings is 1. The third kappa shape index (κ3) is 2.96. The van der Waals surface area contributed by atoms with E-state index in [1.165, 1.54) is 0 Å². The molecule has 21 heavy (non-hydrogen) atoms. The van der Waals surface area contributed by atoms with Crippen molar-refractivity contribution >= 4 is 23.4 Å². The second kappa shape index (κ2) is 6.15. The van der Waals surface area contributed by atoms with Crippen LogP contribution in [0.3, 0.4) is 0 Å². The van der Waals surface area contributed by atoms with Crippen LogP contribution in [0.1, 0.15) is 6.92 Å². The van der Waals surface area contributed by atoms with Crippen molar-refractivity contribution in [2.75, 3.05) is 37.9 Å². The lowest BCUT2D eigenvalue weighted by Crippen LogP contribution is -2.48. The van der Waals surface area contributed by atoms with E-state index in [4.69, 9.17) is 9.47 Å². The summed E-state index contributed by atoms with van der Waals surface area (Å²) in [4.78, 5) is 13.4. The predicted octanol–water partition coefficient (Wildman–Crippen LogP) is 1.97. The zero-order valence-corrected chi connectivity index (χ0v) is 13.1. The van der Waals surface area contributed by atoms with Gasteiger partial charge in [0.15, 0.2) is 11.5 Å². The Hall–Kier alpha value is -1.40. The second-order valence-corrected chi connectivity index (χ2v) is 6.24. The molecule has 2 aliphatic rings. The molecule has 1 unspecified atom stereocenters. The quantitative estimate of drug-likeness (QED) is 0.833. The topological polar surface area (TPSA) is 59.6 Å². The summed E-state index contributed by atoms with van der Waals surface area (Å²) in [5.74, 6) is 1.95. The lowest BCUT2D eigenvalue weighted by molar-refractivity contribution is -0.121. The van der Waals surface area contributed by atoms with E-state index in [-0.39, 0.29) is 11.8 Å². The summed E-state index contributed by atoms with van der Waals surface area (Å²) in [6.07, 6.45) is 1.99. The number of rotatable bonds is 4. The number of amides is 1. The molecule has 0 spiro atoms. The average Bonchev–Trinajstić information content (AvgIpc) is 2.44. The first-order valence-corrected chi connectivity index (χ1v) is 8.40. The number of anilines is 1. The molecule has 5 nitrogen and oxygen atoms in total. The Morgan fingerprint density at radius 2 is 2.00 bits per heavy atom. The number of ether oxygens (including phenoxy) is 2. The van der Waals surface area contributed by atoms with Gasteiger partial charge in [-0.3, -0.25) is 4.79 Å². The zero-order chi connectivity index (χ0) is 14.8. The fourth-order valence-corrected chi connectivity index (χ4v) is 3.02. The van der Waals surface area contributed by atoms with E-state index >= 15 is 0 Å². The fraction of sp³-hybridized carbons (Fsp3) is 0.533. The molecule has 1 fully saturated rings. The molecule has 0 aliphatic carbocycles. The summed E-state index contributed by atoms with van der Waals surface area (Å²) in [6, 6.07) is 3.80. The molecule has 114 valence electrons. The summed E-state index contributed by atoms with van der Waals surface area (Å²) in [6.45, 7) is 4.94. The van der Waals surface area contributed by atoms with E-state index in [9.17, 15) is 4.79 Å². The molecule has 2 N–H and O–H groups in total. The Morgan fingerprint density at radius 3 is 2.57 bits per heavy atom. The SMILES string of the molecule is CSc1cc2c(cc1NC(=O)C(C)C1CNC1)OCCO2. The van der Waals surface area contributed by atoms with Crippen LogP contribution in [0.4, 0.5) is 5.69 Å². The highest BCUT2D eigenvalue weighted by molar-refractivity contribution is 7.98. The summed E-state index contributed by atoms with van der Waals surface area (Å²) in [5.41, 5.74) is 0.802. The van der Waals surface area contributed by atoms with Crippen LogP contribution in [0, 0.1) is 11.8 Å². The maximum atomic E-state index is 12.4. The first-order chi connectivity index (χ1) is 10.2. The van der Waals surface area contributed by atoms with Crippen LogP contribution in [0.5, 0.6) is 11.5 Å². The predicted molar refractivity (Wildman–Crippen MR) is 83.4 cm³/mol. The van der Waals surface area contributed by atoms with Gasteiger partial charge in [-0.2, -0.15) is 0 Å². The van der Waals surface area contributed by atoms with E-state index in [1.807, 2.05) is 25.3 Å². The monoisotopic (exact) mass is 308 g/mol. The first kappa shape index (κ1) is 14.5. The zero-order valence-electron chi connectivity index (χ0n) is 12.3. The van der Waals surface area contributed by atoms with Crippen molar-refractivity contribution in [3.63, 3.8) is 0 Å². The molecule has 1 atom stereocenters. The van der Waals surface area contributed by atoms with E-state index in [0.29, 0.717) is 24.9 Å². The van der Waals surface area contributed by atoms with Gasteiger partial charge >= 0.3 is 0 Å². The van der Waals surface area contributed by atoms with Crippen molar-refractivity contribution in [2.45, 2.75) is 11.8 Å². The van der Waals surface area contributed by atoms with Crippen LogP contribution in [0.2, 0.25) is 0 Å². The molecular weight excluding hydrogens is 288 g/mol. The molecule has 3 rings (SSSR count). The highest BCUT2D eigenvalue weighted by Crippen LogP contribution is 2.39. The van der Waals surface area contributed by atoms with Crippen LogP contribution in [-0.4, -0.2) is 38.5 Å². The Balaban J connectivity index is 1.78. The molecule has 0 saturated carbocycles. The summed E-state index contributed by atoms with van der Waals surface area (Å²) in [5, 5.41) is 6.24. The van der Waals surface area contributed by atoms with Gasteiger partial charge in [0.1, 0.15) is 13.2 Å². The van der Waals surface area contributed by atoms with Crippen molar-refractivity contribution in [3.8, 4) is 11.5 Å². The Bertz CT molecular complexity index is 546. The molecule has 2 aliphatic heterocycles. The van der Waals surface area contributed by atoms with Crippen molar-refractivity contribution in [1.29, 1.82) is 0 Å². The number of fused-ring (bicyclic) bond motifs is 1. The van der Waals surface area contributed by atoms with Crippen molar-refractivity contribution < 1.29 is 14.3 Å². The molecule has 1 aromatic rings. The Labute approximate surface area is 128 Å². The van der Waals surface area contributed by atoms with Gasteiger partial charge in [0.2, 0.25) is 5.91 Å². The minimum atomic E-state index is 0.00848. The average molecular weight is 308 g/mol. The Kier molecular flexibility index (Phi) is 4.26. The number of carbonyl (C=O) groups excluding carboxylic acids is 1. The number of thioether (sulfide) groups is 1. The lowest BCUT2D eigenvalue weighted by atomic mass is 9.88. The molecule has 0 aromatic heterocycles. The van der Waals surface area contributed by atoms with Crippen LogP contribution in [0.15, 0.2) is 17.0 Å². The summed E-state index contributed by atoms with van der Waals surface area (Å²) < 4.78 is 11.2. The Morgan fingerprint density at radius 1 is 1.33 bits per heavy atom. The number of hydrogen-bond donors (Lipinski definition) is 2. The van der Waals surface area contributed by atoms with E-state index in [2.05, 4.69) is 10.6 Å². The molecule has 2 heterocycles. The van der Waals surface area contributed by atoms with Crippen LogP contribution < -0.4 is 20.1 Å². The normalized spacial score (nSPS) is 18.8. The van der Waals surface area contributed by atoms with Crippen LogP contribution >= 0.6 is 11.8 Å². The minimum absolute atomic E-state index is 0.00848. The number of hydrogen-bond acceptors (Lipinski definition) is 5. The maximum Gasteiger partial charge on any atom is 0.227 e. The minimum Gasteiger partial charge on any atom is -0.486 e. The van der Waals surface area contributed by atoms with Gasteiger partial charge in [0.25, 0.3) is 0 Å². The van der Waals surface area contributed by atoms with Crippen molar-refractivity contribution in [1.82, 2.24) is 5.32 Å². The third-order valence-corrected chi connectivity index (χ3v) is 4.83. The maximum absolute atomic E-state index is 12.4. The van der Waals surface area contributed by atoms with Crippen LogP contribution in [0.25, 0.3) is 0 Å². The van der Waals surface area contributed by atoms with Crippen molar-refractivity contribution in [3.05, 3.63) is 12.1 Å². The van der Waals surface area contributed by atoms with E-state index in [0.717, 1.165) is 29.4 Å². The highest BCUT2D eigenvalue weighted by Gasteiger charge is 2.29. The standard InChI is InChI=1S/C15H20N2O3S/c1-9(10-7-16-8-10)15(18)17-11-5-12-13(6-14(11)21-2)20-4-3-19-12/h5-6,9-10,16H,3-4,7-8H2,1-2H3,(H,17,18). The fourth-order valence-electron chi connectivity index (χ4n) is 2.46. The number of nitrogens with one attached hydrogen (secondary N) is 2. The lowest BCUT2D eigenvalue weighted by Gasteiger charge is -2.32. The van der Waals surface area contributed by atoms with Gasteiger partial charge in [-0.15, -0.1) is 11.8 Å². The van der Waals surface area contributed by atoms with Gasteiger partial charge in [0, 0.05) is 16.9 Å².